The minimum Gasteiger partial charge on any atom is -0.366 e. The second-order valence-corrected chi connectivity index (χ2v) is 6.22. The molecule has 0 aromatic heterocycles. The molecule has 2 fully saturated rings. The van der Waals surface area contributed by atoms with Gasteiger partial charge in [-0.05, 0) is 49.8 Å². The Morgan fingerprint density at radius 2 is 2.05 bits per heavy atom. The Morgan fingerprint density at radius 3 is 2.65 bits per heavy atom. The molecule has 0 spiro atoms. The van der Waals surface area contributed by atoms with E-state index in [4.69, 9.17) is 0 Å². The molecule has 0 bridgehead atoms. The van der Waals surface area contributed by atoms with Crippen molar-refractivity contribution in [2.75, 3.05) is 11.4 Å². The van der Waals surface area contributed by atoms with E-state index < -0.39 is 0 Å². The van der Waals surface area contributed by atoms with E-state index in [1.54, 1.807) is 6.07 Å². The van der Waals surface area contributed by atoms with Gasteiger partial charge in [-0.15, -0.1) is 0 Å². The summed E-state index contributed by atoms with van der Waals surface area (Å²) < 4.78 is 14.4. The monoisotopic (exact) mass is 276 g/mol. The van der Waals surface area contributed by atoms with Gasteiger partial charge in [0, 0.05) is 25.2 Å². The molecule has 110 valence electrons. The van der Waals surface area contributed by atoms with Gasteiger partial charge in [-0.25, -0.2) is 4.39 Å². The second kappa shape index (κ2) is 6.13. The number of rotatable bonds is 8. The Labute approximate surface area is 121 Å². The van der Waals surface area contributed by atoms with Gasteiger partial charge in [-0.3, -0.25) is 0 Å². The summed E-state index contributed by atoms with van der Waals surface area (Å²) in [5.74, 6) is -0.0527. The lowest BCUT2D eigenvalue weighted by atomic mass is 10.1. The number of anilines is 1. The smallest absolute Gasteiger partial charge is 0.146 e. The number of nitrogens with zero attached hydrogens (tertiary/aromatic N) is 1. The molecule has 0 heterocycles. The van der Waals surface area contributed by atoms with Crippen LogP contribution in [0.1, 0.15) is 51.0 Å². The molecular formula is C17H25FN2. The van der Waals surface area contributed by atoms with Gasteiger partial charge in [0.25, 0.3) is 0 Å². The predicted molar refractivity (Wildman–Crippen MR) is 81.5 cm³/mol. The van der Waals surface area contributed by atoms with Crippen molar-refractivity contribution in [1.29, 1.82) is 0 Å². The normalized spacial score (nSPS) is 18.3. The van der Waals surface area contributed by atoms with Crippen LogP contribution in [0.5, 0.6) is 0 Å². The average Bonchev–Trinajstić information content (AvgIpc) is 3.32. The number of benzene rings is 1. The maximum absolute atomic E-state index is 14.4. The Bertz CT molecular complexity index is 452. The van der Waals surface area contributed by atoms with Crippen LogP contribution in [0, 0.1) is 5.82 Å². The lowest BCUT2D eigenvalue weighted by molar-refractivity contribution is 0.604. The zero-order chi connectivity index (χ0) is 13.9. The molecule has 2 aliphatic carbocycles. The van der Waals surface area contributed by atoms with Gasteiger partial charge in [0.2, 0.25) is 0 Å². The average molecular weight is 276 g/mol. The largest absolute Gasteiger partial charge is 0.366 e. The van der Waals surface area contributed by atoms with Crippen molar-refractivity contribution in [2.24, 2.45) is 0 Å². The van der Waals surface area contributed by atoms with E-state index in [0.29, 0.717) is 12.1 Å². The molecule has 2 saturated carbocycles. The quantitative estimate of drug-likeness (QED) is 0.776. The summed E-state index contributed by atoms with van der Waals surface area (Å²) in [5, 5.41) is 3.44. The van der Waals surface area contributed by atoms with E-state index in [2.05, 4.69) is 23.2 Å². The molecule has 0 saturated heterocycles. The van der Waals surface area contributed by atoms with Crippen molar-refractivity contribution in [1.82, 2.24) is 5.32 Å². The Hall–Kier alpha value is -1.09. The van der Waals surface area contributed by atoms with Crippen LogP contribution in [0.25, 0.3) is 0 Å². The molecule has 2 nitrogen and oxygen atoms in total. The first-order chi connectivity index (χ1) is 9.78. The van der Waals surface area contributed by atoms with Crippen molar-refractivity contribution in [3.63, 3.8) is 0 Å². The molecular weight excluding hydrogens is 251 g/mol. The first kappa shape index (κ1) is 13.9. The molecule has 0 aliphatic heterocycles. The van der Waals surface area contributed by atoms with Gasteiger partial charge in [-0.1, -0.05) is 19.4 Å². The van der Waals surface area contributed by atoms with E-state index in [-0.39, 0.29) is 5.82 Å². The van der Waals surface area contributed by atoms with Gasteiger partial charge >= 0.3 is 0 Å². The SMILES string of the molecule is CCCCN(c1ccc(CNC2CC2)cc1F)C1CC1. The van der Waals surface area contributed by atoms with Gasteiger partial charge in [-0.2, -0.15) is 0 Å². The fourth-order valence-electron chi connectivity index (χ4n) is 2.66. The molecule has 0 amide bonds. The third-order valence-electron chi connectivity index (χ3n) is 4.23. The summed E-state index contributed by atoms with van der Waals surface area (Å²) in [4.78, 5) is 2.27. The highest BCUT2D eigenvalue weighted by atomic mass is 19.1. The highest BCUT2D eigenvalue weighted by Crippen LogP contribution is 2.33. The first-order valence-corrected chi connectivity index (χ1v) is 8.06. The highest BCUT2D eigenvalue weighted by Gasteiger charge is 2.30. The van der Waals surface area contributed by atoms with Crippen molar-refractivity contribution in [2.45, 2.75) is 64.1 Å². The zero-order valence-electron chi connectivity index (χ0n) is 12.4. The summed E-state index contributed by atoms with van der Waals surface area (Å²) in [7, 11) is 0. The molecule has 3 heteroatoms. The van der Waals surface area contributed by atoms with Crippen LogP contribution in [0.4, 0.5) is 10.1 Å². The maximum Gasteiger partial charge on any atom is 0.146 e. The summed E-state index contributed by atoms with van der Waals surface area (Å²) in [6.07, 6.45) is 7.28. The van der Waals surface area contributed by atoms with Crippen molar-refractivity contribution in [3.05, 3.63) is 29.6 Å². The summed E-state index contributed by atoms with van der Waals surface area (Å²) in [6.45, 7) is 3.96. The molecule has 0 atom stereocenters. The fourth-order valence-corrected chi connectivity index (χ4v) is 2.66. The van der Waals surface area contributed by atoms with Crippen molar-refractivity contribution >= 4 is 5.69 Å². The number of halogens is 1. The van der Waals surface area contributed by atoms with E-state index in [1.165, 1.54) is 25.7 Å². The maximum atomic E-state index is 14.4. The Balaban J connectivity index is 1.67. The summed E-state index contributed by atoms with van der Waals surface area (Å²) in [6, 6.07) is 7.02. The van der Waals surface area contributed by atoms with Gasteiger partial charge in [0.1, 0.15) is 5.82 Å². The predicted octanol–water partition coefficient (Wildman–Crippen LogP) is 3.85. The first-order valence-electron chi connectivity index (χ1n) is 8.06. The van der Waals surface area contributed by atoms with Crippen LogP contribution in [0.2, 0.25) is 0 Å². The minimum absolute atomic E-state index is 0.0527. The topological polar surface area (TPSA) is 15.3 Å². The molecule has 0 radical (unpaired) electrons. The van der Waals surface area contributed by atoms with E-state index in [0.717, 1.165) is 37.2 Å². The van der Waals surface area contributed by atoms with E-state index >= 15 is 0 Å². The van der Waals surface area contributed by atoms with Gasteiger partial charge in [0.15, 0.2) is 0 Å². The second-order valence-electron chi connectivity index (χ2n) is 6.22. The zero-order valence-corrected chi connectivity index (χ0v) is 12.4. The van der Waals surface area contributed by atoms with Crippen molar-refractivity contribution in [3.8, 4) is 0 Å². The molecule has 3 rings (SSSR count). The van der Waals surface area contributed by atoms with Gasteiger partial charge < -0.3 is 10.2 Å². The van der Waals surface area contributed by atoms with E-state index in [9.17, 15) is 4.39 Å². The Morgan fingerprint density at radius 1 is 1.25 bits per heavy atom. The molecule has 2 aliphatic rings. The third-order valence-corrected chi connectivity index (χ3v) is 4.23. The standard InChI is InChI=1S/C17H25FN2/c1-2-3-10-20(15-7-8-15)17-9-4-13(11-16(17)18)12-19-14-5-6-14/h4,9,11,14-15,19H,2-3,5-8,10,12H2,1H3. The Kier molecular flexibility index (Phi) is 4.25. The number of nitrogens with one attached hydrogen (secondary N) is 1. The summed E-state index contributed by atoms with van der Waals surface area (Å²) in [5.41, 5.74) is 1.86. The molecule has 1 aromatic rings. The molecule has 0 unspecified atom stereocenters. The fraction of sp³-hybridized carbons (Fsp3) is 0.647. The summed E-state index contributed by atoms with van der Waals surface area (Å²) >= 11 is 0. The van der Waals surface area contributed by atoms with E-state index in [1.807, 2.05) is 6.07 Å². The van der Waals surface area contributed by atoms with Crippen LogP contribution in [0.3, 0.4) is 0 Å². The van der Waals surface area contributed by atoms with Crippen LogP contribution >= 0.6 is 0 Å². The molecule has 1 N–H and O–H groups in total. The van der Waals surface area contributed by atoms with Crippen LogP contribution in [-0.2, 0) is 6.54 Å². The lowest BCUT2D eigenvalue weighted by Crippen LogP contribution is -2.27. The van der Waals surface area contributed by atoms with Crippen molar-refractivity contribution < 1.29 is 4.39 Å². The highest BCUT2D eigenvalue weighted by molar-refractivity contribution is 5.51. The van der Waals surface area contributed by atoms with Gasteiger partial charge in [0.05, 0.1) is 5.69 Å². The van der Waals surface area contributed by atoms with Crippen LogP contribution in [0.15, 0.2) is 18.2 Å². The molecule has 20 heavy (non-hydrogen) atoms. The molecule has 1 aromatic carbocycles. The minimum atomic E-state index is -0.0527. The van der Waals surface area contributed by atoms with Crippen LogP contribution < -0.4 is 10.2 Å². The number of hydrogen-bond acceptors (Lipinski definition) is 2. The number of unbranched alkanes of at least 4 members (excludes halogenated alkanes) is 1. The van der Waals surface area contributed by atoms with Crippen LogP contribution in [-0.4, -0.2) is 18.6 Å². The third kappa shape index (κ3) is 3.51. The number of hydrogen-bond donors (Lipinski definition) is 1. The lowest BCUT2D eigenvalue weighted by Gasteiger charge is -2.25.